The number of benzene rings is 1. The maximum absolute atomic E-state index is 11.8. The van der Waals surface area contributed by atoms with Crippen LogP contribution in [0.4, 0.5) is 4.79 Å². The van der Waals surface area contributed by atoms with E-state index in [9.17, 15) is 19.8 Å². The third kappa shape index (κ3) is 3.88. The molecule has 1 aromatic carbocycles. The molecule has 1 aromatic rings. The first kappa shape index (κ1) is 15.8. The summed E-state index contributed by atoms with van der Waals surface area (Å²) in [6, 6.07) is 3.76. The highest BCUT2D eigenvalue weighted by Crippen LogP contribution is 2.31. The number of amides is 1. The highest BCUT2D eigenvalue weighted by atomic mass is 16.6. The summed E-state index contributed by atoms with van der Waals surface area (Å²) >= 11 is 0. The minimum absolute atomic E-state index is 0.142. The zero-order valence-electron chi connectivity index (χ0n) is 11.9. The van der Waals surface area contributed by atoms with Crippen LogP contribution in [-0.4, -0.2) is 28.2 Å². The van der Waals surface area contributed by atoms with Gasteiger partial charge in [0.15, 0.2) is 0 Å². The summed E-state index contributed by atoms with van der Waals surface area (Å²) in [5, 5.41) is 21.4. The van der Waals surface area contributed by atoms with Crippen molar-refractivity contribution in [3.8, 4) is 11.5 Å². The molecule has 1 amide bonds. The maximum Gasteiger partial charge on any atom is 0.408 e. The quantitative estimate of drug-likeness (QED) is 0.737. The Balaban J connectivity index is 3.03. The van der Waals surface area contributed by atoms with Crippen LogP contribution in [-0.2, 0) is 15.1 Å². The van der Waals surface area contributed by atoms with Crippen molar-refractivity contribution in [2.75, 3.05) is 0 Å². The lowest BCUT2D eigenvalue weighted by molar-refractivity contribution is -0.113. The molecule has 1 atom stereocenters. The Kier molecular flexibility index (Phi) is 4.27. The Morgan fingerprint density at radius 3 is 2.30 bits per heavy atom. The van der Waals surface area contributed by atoms with Crippen molar-refractivity contribution >= 4 is 12.4 Å². The Labute approximate surface area is 117 Å². The van der Waals surface area contributed by atoms with Crippen LogP contribution in [0.1, 0.15) is 33.3 Å². The molecule has 0 saturated carbocycles. The number of aromatic hydroxyl groups is 2. The van der Waals surface area contributed by atoms with E-state index in [0.717, 1.165) is 6.07 Å². The zero-order valence-corrected chi connectivity index (χ0v) is 11.9. The minimum Gasteiger partial charge on any atom is -0.508 e. The summed E-state index contributed by atoms with van der Waals surface area (Å²) < 4.78 is 5.08. The number of ether oxygens (including phenoxy) is 1. The first-order valence-corrected chi connectivity index (χ1v) is 6.07. The molecule has 0 aliphatic heterocycles. The predicted molar refractivity (Wildman–Crippen MR) is 72.6 cm³/mol. The van der Waals surface area contributed by atoms with E-state index in [1.54, 1.807) is 20.8 Å². The molecule has 0 spiro atoms. The summed E-state index contributed by atoms with van der Waals surface area (Å²) in [5.74, 6) is -0.438. The minimum atomic E-state index is -1.46. The van der Waals surface area contributed by atoms with E-state index in [2.05, 4.69) is 5.32 Å². The molecule has 0 aromatic heterocycles. The summed E-state index contributed by atoms with van der Waals surface area (Å²) in [6.07, 6.45) is -0.289. The van der Waals surface area contributed by atoms with Gasteiger partial charge in [-0.3, -0.25) is 0 Å². The Hall–Kier alpha value is -2.24. The molecule has 0 heterocycles. The molecule has 0 saturated heterocycles. The summed E-state index contributed by atoms with van der Waals surface area (Å²) in [6.45, 7) is 6.52. The smallest absolute Gasteiger partial charge is 0.408 e. The molecule has 20 heavy (non-hydrogen) atoms. The van der Waals surface area contributed by atoms with Gasteiger partial charge in [0.25, 0.3) is 0 Å². The number of nitrogens with one attached hydrogen (secondary N) is 1. The number of carbonyl (C=O) groups is 2. The second-order valence-corrected chi connectivity index (χ2v) is 5.65. The number of alkyl carbamates (subject to hydrolysis) is 1. The molecule has 1 rings (SSSR count). The van der Waals surface area contributed by atoms with Gasteiger partial charge in [-0.1, -0.05) is 0 Å². The predicted octanol–water partition coefficient (Wildman–Crippen LogP) is 2.04. The largest absolute Gasteiger partial charge is 0.508 e. The number of carbonyl (C=O) groups excluding carboxylic acids is 2. The highest BCUT2D eigenvalue weighted by molar-refractivity contribution is 5.79. The van der Waals surface area contributed by atoms with Crippen molar-refractivity contribution in [1.82, 2.24) is 5.32 Å². The highest BCUT2D eigenvalue weighted by Gasteiger charge is 2.33. The molecular formula is C14H19NO5. The molecule has 0 aliphatic carbocycles. The molecular weight excluding hydrogens is 262 g/mol. The number of phenols is 2. The SMILES string of the molecule is CC(C)(C)OC(=O)NC(C)(C=O)c1ccc(O)cc1O. The number of hydrogen-bond acceptors (Lipinski definition) is 5. The van der Waals surface area contributed by atoms with Crippen LogP contribution in [0.15, 0.2) is 18.2 Å². The first-order valence-electron chi connectivity index (χ1n) is 6.07. The van der Waals surface area contributed by atoms with Gasteiger partial charge in [-0.15, -0.1) is 0 Å². The fourth-order valence-corrected chi connectivity index (χ4v) is 1.64. The van der Waals surface area contributed by atoms with Crippen LogP contribution in [0.2, 0.25) is 0 Å². The van der Waals surface area contributed by atoms with Gasteiger partial charge in [0.1, 0.15) is 28.9 Å². The average molecular weight is 281 g/mol. The van der Waals surface area contributed by atoms with E-state index < -0.39 is 17.2 Å². The summed E-state index contributed by atoms with van der Waals surface area (Å²) in [4.78, 5) is 23.1. The normalized spacial score (nSPS) is 14.2. The standard InChI is InChI=1S/C14H19NO5/c1-13(2,3)20-12(19)15-14(4,8-16)10-6-5-9(17)7-11(10)18/h5-8,17-18H,1-4H3,(H,15,19). The molecule has 6 heteroatoms. The van der Waals surface area contributed by atoms with Gasteiger partial charge in [0.05, 0.1) is 0 Å². The van der Waals surface area contributed by atoms with Gasteiger partial charge in [-0.25, -0.2) is 4.79 Å². The van der Waals surface area contributed by atoms with Gasteiger partial charge in [0.2, 0.25) is 0 Å². The Bertz CT molecular complexity index is 521. The lowest BCUT2D eigenvalue weighted by atomic mass is 9.93. The zero-order chi connectivity index (χ0) is 15.6. The number of rotatable bonds is 3. The second kappa shape index (κ2) is 5.40. The molecule has 6 nitrogen and oxygen atoms in total. The van der Waals surface area contributed by atoms with Crippen molar-refractivity contribution in [1.29, 1.82) is 0 Å². The lowest BCUT2D eigenvalue weighted by Gasteiger charge is -2.28. The third-order valence-corrected chi connectivity index (χ3v) is 2.54. The van der Waals surface area contributed by atoms with Crippen molar-refractivity contribution in [2.24, 2.45) is 0 Å². The van der Waals surface area contributed by atoms with E-state index >= 15 is 0 Å². The summed E-state index contributed by atoms with van der Waals surface area (Å²) in [5.41, 5.74) is -2.00. The van der Waals surface area contributed by atoms with Crippen LogP contribution in [0.5, 0.6) is 11.5 Å². The van der Waals surface area contributed by atoms with Gasteiger partial charge in [0, 0.05) is 11.6 Å². The molecule has 1 unspecified atom stereocenters. The summed E-state index contributed by atoms with van der Waals surface area (Å²) in [7, 11) is 0. The van der Waals surface area contributed by atoms with Crippen molar-refractivity contribution in [3.05, 3.63) is 23.8 Å². The molecule has 0 radical (unpaired) electrons. The maximum atomic E-state index is 11.8. The van der Waals surface area contributed by atoms with Gasteiger partial charge in [-0.2, -0.15) is 0 Å². The van der Waals surface area contributed by atoms with E-state index in [-0.39, 0.29) is 17.1 Å². The van der Waals surface area contributed by atoms with Crippen LogP contribution in [0.25, 0.3) is 0 Å². The van der Waals surface area contributed by atoms with Crippen molar-refractivity contribution in [2.45, 2.75) is 38.8 Å². The molecule has 0 fully saturated rings. The number of phenolic OH excluding ortho intramolecular Hbond substituents is 2. The van der Waals surface area contributed by atoms with Crippen LogP contribution >= 0.6 is 0 Å². The van der Waals surface area contributed by atoms with E-state index in [0.29, 0.717) is 6.29 Å². The number of aldehydes is 1. The van der Waals surface area contributed by atoms with Gasteiger partial charge < -0.3 is 25.1 Å². The Morgan fingerprint density at radius 2 is 1.85 bits per heavy atom. The van der Waals surface area contributed by atoms with Crippen molar-refractivity contribution in [3.63, 3.8) is 0 Å². The second-order valence-electron chi connectivity index (χ2n) is 5.65. The van der Waals surface area contributed by atoms with E-state index in [4.69, 9.17) is 4.74 Å². The Morgan fingerprint density at radius 1 is 1.25 bits per heavy atom. The molecule has 0 bridgehead atoms. The van der Waals surface area contributed by atoms with Gasteiger partial charge in [-0.05, 0) is 39.8 Å². The van der Waals surface area contributed by atoms with E-state index in [1.165, 1.54) is 19.1 Å². The fraction of sp³-hybridized carbons (Fsp3) is 0.429. The molecule has 110 valence electrons. The molecule has 0 aliphatic rings. The fourth-order valence-electron chi connectivity index (χ4n) is 1.64. The molecule has 3 N–H and O–H groups in total. The number of hydrogen-bond donors (Lipinski definition) is 3. The van der Waals surface area contributed by atoms with Crippen LogP contribution in [0.3, 0.4) is 0 Å². The van der Waals surface area contributed by atoms with Crippen LogP contribution in [0, 0.1) is 0 Å². The topological polar surface area (TPSA) is 95.9 Å². The monoisotopic (exact) mass is 281 g/mol. The third-order valence-electron chi connectivity index (χ3n) is 2.54. The first-order chi connectivity index (χ1) is 9.07. The van der Waals surface area contributed by atoms with Crippen LogP contribution < -0.4 is 5.32 Å². The average Bonchev–Trinajstić information content (AvgIpc) is 2.25. The lowest BCUT2D eigenvalue weighted by Crippen LogP contribution is -2.46. The van der Waals surface area contributed by atoms with Gasteiger partial charge >= 0.3 is 6.09 Å². The van der Waals surface area contributed by atoms with E-state index in [1.807, 2.05) is 0 Å². The van der Waals surface area contributed by atoms with Crippen molar-refractivity contribution < 1.29 is 24.5 Å².